The Labute approximate surface area is 163 Å². The third-order valence-corrected chi connectivity index (χ3v) is 6.79. The number of aliphatic hydroxyl groups is 1. The fourth-order valence-corrected chi connectivity index (χ4v) is 5.23. The molecule has 2 aromatic rings. The normalized spacial score (nSPS) is 26.6. The second kappa shape index (κ2) is 6.92. The number of rotatable bonds is 4. The number of hydrogen-bond donors (Lipinski definition) is 1. The lowest BCUT2D eigenvalue weighted by Gasteiger charge is -2.36. The smallest absolute Gasteiger partial charge is 0.258 e. The molecule has 3 atom stereocenters. The Balaban J connectivity index is 1.68. The van der Waals surface area contributed by atoms with E-state index in [1.54, 1.807) is 17.9 Å². The fraction of sp³-hybridized carbons (Fsp3) is 0.409. The van der Waals surface area contributed by atoms with Crippen molar-refractivity contribution in [3.8, 4) is 0 Å². The molecule has 5 heteroatoms. The Hall–Kier alpha value is -1.91. The van der Waals surface area contributed by atoms with Gasteiger partial charge in [-0.15, -0.1) is 0 Å². The summed E-state index contributed by atoms with van der Waals surface area (Å²) in [5.41, 5.74) is 1.41. The van der Waals surface area contributed by atoms with Crippen molar-refractivity contribution >= 4 is 17.5 Å². The summed E-state index contributed by atoms with van der Waals surface area (Å²) in [6.07, 6.45) is 3.16. The lowest BCUT2D eigenvalue weighted by Crippen LogP contribution is -2.44. The number of nitrogens with zero attached hydrogens (tertiary/aromatic N) is 1. The minimum atomic E-state index is -0.584. The van der Waals surface area contributed by atoms with Crippen molar-refractivity contribution in [1.29, 1.82) is 0 Å². The Kier molecular flexibility index (Phi) is 4.73. The van der Waals surface area contributed by atoms with Crippen molar-refractivity contribution in [2.24, 2.45) is 5.41 Å². The molecule has 1 amide bonds. The molecular formula is C22H23ClFNO2. The summed E-state index contributed by atoms with van der Waals surface area (Å²) in [6, 6.07) is 12.8. The molecular weight excluding hydrogens is 365 g/mol. The Morgan fingerprint density at radius 3 is 2.70 bits per heavy atom. The molecule has 27 heavy (non-hydrogen) atoms. The first-order valence-corrected chi connectivity index (χ1v) is 9.77. The first-order chi connectivity index (χ1) is 13.0. The number of aliphatic hydroxyl groups excluding tert-OH is 1. The molecule has 142 valence electrons. The molecule has 2 bridgehead atoms. The zero-order valence-electron chi connectivity index (χ0n) is 15.3. The molecule has 2 aromatic carbocycles. The van der Waals surface area contributed by atoms with Crippen LogP contribution in [0, 0.1) is 18.2 Å². The number of amides is 1. The Bertz CT molecular complexity index is 872. The summed E-state index contributed by atoms with van der Waals surface area (Å²) in [5.74, 6) is -0.934. The predicted octanol–water partition coefficient (Wildman–Crippen LogP) is 4.39. The van der Waals surface area contributed by atoms with Gasteiger partial charge in [-0.05, 0) is 49.8 Å². The summed E-state index contributed by atoms with van der Waals surface area (Å²) in [7, 11) is 0. The molecule has 0 saturated carbocycles. The number of halogens is 2. The zero-order chi connectivity index (χ0) is 19.2. The van der Waals surface area contributed by atoms with E-state index in [9.17, 15) is 14.3 Å². The van der Waals surface area contributed by atoms with E-state index in [2.05, 4.69) is 0 Å². The van der Waals surface area contributed by atoms with E-state index in [4.69, 9.17) is 11.6 Å². The molecule has 0 spiro atoms. The molecule has 2 saturated heterocycles. The largest absolute Gasteiger partial charge is 0.396 e. The van der Waals surface area contributed by atoms with Crippen LogP contribution in [0.5, 0.6) is 0 Å². The van der Waals surface area contributed by atoms with Gasteiger partial charge in [0.25, 0.3) is 5.91 Å². The standard InChI is InChI=1S/C22H23ClFNO2/c1-14-7-9-17(24)19(20(14)23)21(27)25-16-8-10-18(25)22(12-16,13-26)11-15-5-3-2-4-6-15/h2-7,9,16,18,26H,8,10-13H2,1H3/t16-,18+,22-/m0/s1. The van der Waals surface area contributed by atoms with E-state index in [1.165, 1.54) is 6.07 Å². The van der Waals surface area contributed by atoms with Gasteiger partial charge in [-0.1, -0.05) is 48.0 Å². The molecule has 2 aliphatic rings. The van der Waals surface area contributed by atoms with Gasteiger partial charge in [0.15, 0.2) is 0 Å². The highest BCUT2D eigenvalue weighted by molar-refractivity contribution is 6.34. The van der Waals surface area contributed by atoms with E-state index >= 15 is 0 Å². The van der Waals surface area contributed by atoms with Gasteiger partial charge in [-0.3, -0.25) is 4.79 Å². The van der Waals surface area contributed by atoms with Crippen molar-refractivity contribution in [3.63, 3.8) is 0 Å². The zero-order valence-corrected chi connectivity index (χ0v) is 16.0. The lowest BCUT2D eigenvalue weighted by atomic mass is 9.70. The third-order valence-electron chi connectivity index (χ3n) is 6.30. The topological polar surface area (TPSA) is 40.5 Å². The van der Waals surface area contributed by atoms with Gasteiger partial charge < -0.3 is 10.0 Å². The minimum absolute atomic E-state index is 0.0108. The van der Waals surface area contributed by atoms with Crippen LogP contribution in [0.4, 0.5) is 4.39 Å². The van der Waals surface area contributed by atoms with Crippen LogP contribution in [-0.2, 0) is 6.42 Å². The van der Waals surface area contributed by atoms with E-state index in [-0.39, 0.29) is 40.6 Å². The highest BCUT2D eigenvalue weighted by Gasteiger charge is 2.57. The summed E-state index contributed by atoms with van der Waals surface area (Å²) in [5, 5.41) is 10.5. The van der Waals surface area contributed by atoms with Gasteiger partial charge >= 0.3 is 0 Å². The number of carbonyl (C=O) groups is 1. The number of fused-ring (bicyclic) bond motifs is 2. The molecule has 4 rings (SSSR count). The molecule has 1 N–H and O–H groups in total. The van der Waals surface area contributed by atoms with Crippen LogP contribution in [0.2, 0.25) is 5.02 Å². The lowest BCUT2D eigenvalue weighted by molar-refractivity contribution is 0.0568. The summed E-state index contributed by atoms with van der Waals surface area (Å²) in [6.45, 7) is 1.78. The van der Waals surface area contributed by atoms with E-state index in [0.717, 1.165) is 24.8 Å². The summed E-state index contributed by atoms with van der Waals surface area (Å²) in [4.78, 5) is 15.1. The van der Waals surface area contributed by atoms with Crippen LogP contribution in [0.1, 0.15) is 40.7 Å². The van der Waals surface area contributed by atoms with Crippen LogP contribution in [0.25, 0.3) is 0 Å². The first-order valence-electron chi connectivity index (χ1n) is 9.39. The van der Waals surface area contributed by atoms with Crippen molar-refractivity contribution in [2.45, 2.75) is 44.7 Å². The first kappa shape index (κ1) is 18.5. The molecule has 2 aliphatic heterocycles. The third kappa shape index (κ3) is 2.95. The van der Waals surface area contributed by atoms with Gasteiger partial charge in [-0.25, -0.2) is 4.39 Å². The maximum absolute atomic E-state index is 14.4. The van der Waals surface area contributed by atoms with Crippen molar-refractivity contribution in [1.82, 2.24) is 4.90 Å². The molecule has 2 fully saturated rings. The highest BCUT2D eigenvalue weighted by Crippen LogP contribution is 2.52. The van der Waals surface area contributed by atoms with Gasteiger partial charge in [0.2, 0.25) is 0 Å². The van der Waals surface area contributed by atoms with E-state index < -0.39 is 5.82 Å². The molecule has 3 nitrogen and oxygen atoms in total. The van der Waals surface area contributed by atoms with Crippen LogP contribution >= 0.6 is 11.6 Å². The molecule has 0 radical (unpaired) electrons. The fourth-order valence-electron chi connectivity index (χ4n) is 5.00. The second-order valence-corrected chi connectivity index (χ2v) is 8.28. The average Bonchev–Trinajstić information content (AvgIpc) is 3.22. The predicted molar refractivity (Wildman–Crippen MR) is 103 cm³/mol. The van der Waals surface area contributed by atoms with Crippen LogP contribution < -0.4 is 0 Å². The molecule has 2 heterocycles. The highest BCUT2D eigenvalue weighted by atomic mass is 35.5. The van der Waals surface area contributed by atoms with Gasteiger partial charge in [0, 0.05) is 17.5 Å². The van der Waals surface area contributed by atoms with Gasteiger partial charge in [0.05, 0.1) is 17.2 Å². The number of aryl methyl sites for hydroxylation is 1. The Morgan fingerprint density at radius 1 is 1.26 bits per heavy atom. The maximum Gasteiger partial charge on any atom is 0.258 e. The SMILES string of the molecule is Cc1ccc(F)c(C(=O)N2[C@H]3CC[C@@H]2[C@@](CO)(Cc2ccccc2)C3)c1Cl. The van der Waals surface area contributed by atoms with Crippen LogP contribution in [0.15, 0.2) is 42.5 Å². The van der Waals surface area contributed by atoms with Crippen molar-refractivity contribution in [3.05, 3.63) is 70.0 Å². The number of hydrogen-bond acceptors (Lipinski definition) is 2. The second-order valence-electron chi connectivity index (χ2n) is 7.90. The maximum atomic E-state index is 14.4. The molecule has 0 aromatic heterocycles. The molecule has 0 aliphatic carbocycles. The number of benzene rings is 2. The van der Waals surface area contributed by atoms with Gasteiger partial charge in [-0.2, -0.15) is 0 Å². The van der Waals surface area contributed by atoms with E-state index in [1.807, 2.05) is 30.3 Å². The quantitative estimate of drug-likeness (QED) is 0.845. The summed E-state index contributed by atoms with van der Waals surface area (Å²) < 4.78 is 14.4. The van der Waals surface area contributed by atoms with Crippen molar-refractivity contribution in [2.75, 3.05) is 6.61 Å². The minimum Gasteiger partial charge on any atom is -0.396 e. The van der Waals surface area contributed by atoms with Crippen molar-refractivity contribution < 1.29 is 14.3 Å². The monoisotopic (exact) mass is 387 g/mol. The van der Waals surface area contributed by atoms with E-state index in [0.29, 0.717) is 12.0 Å². The summed E-state index contributed by atoms with van der Waals surface area (Å²) >= 11 is 6.29. The van der Waals surface area contributed by atoms with Gasteiger partial charge in [0.1, 0.15) is 5.82 Å². The molecule has 0 unspecified atom stereocenters. The number of carbonyl (C=O) groups excluding carboxylic acids is 1. The average molecular weight is 388 g/mol. The van der Waals surface area contributed by atoms with Crippen LogP contribution in [-0.4, -0.2) is 34.6 Å². The van der Waals surface area contributed by atoms with Crippen LogP contribution in [0.3, 0.4) is 0 Å². The Morgan fingerprint density at radius 2 is 2.00 bits per heavy atom.